The lowest BCUT2D eigenvalue weighted by atomic mass is 9.46. The van der Waals surface area contributed by atoms with E-state index in [1.807, 2.05) is 0 Å². The van der Waals surface area contributed by atoms with Crippen LogP contribution in [0.1, 0.15) is 86.0 Å². The average Bonchev–Trinajstić information content (AvgIpc) is 2.37. The van der Waals surface area contributed by atoms with Crippen LogP contribution < -0.4 is 0 Å². The zero-order chi connectivity index (χ0) is 15.7. The van der Waals surface area contributed by atoms with Crippen molar-refractivity contribution in [1.29, 1.82) is 0 Å². The van der Waals surface area contributed by atoms with Gasteiger partial charge in [0.15, 0.2) is 0 Å². The molecule has 0 aliphatic heterocycles. The molecule has 0 aromatic carbocycles. The number of fused-ring (bicyclic) bond motifs is 1. The van der Waals surface area contributed by atoms with Gasteiger partial charge in [-0.2, -0.15) is 0 Å². The van der Waals surface area contributed by atoms with Crippen molar-refractivity contribution in [2.75, 3.05) is 6.61 Å². The van der Waals surface area contributed by atoms with Gasteiger partial charge in [0.2, 0.25) is 0 Å². The summed E-state index contributed by atoms with van der Waals surface area (Å²) in [5, 5.41) is 9.13. The third-order valence-corrected chi connectivity index (χ3v) is 7.31. The van der Waals surface area contributed by atoms with Crippen molar-refractivity contribution in [1.82, 2.24) is 0 Å². The highest BCUT2D eigenvalue weighted by molar-refractivity contribution is 5.02. The molecule has 0 bridgehead atoms. The molecule has 2 saturated carbocycles. The number of aliphatic hydroxyl groups excluding tert-OH is 1. The summed E-state index contributed by atoms with van der Waals surface area (Å²) >= 11 is 0. The predicted octanol–water partition coefficient (Wildman–Crippen LogP) is 5.66. The van der Waals surface area contributed by atoms with Crippen LogP contribution >= 0.6 is 0 Å². The van der Waals surface area contributed by atoms with E-state index in [-0.39, 0.29) is 0 Å². The fourth-order valence-corrected chi connectivity index (χ4v) is 6.05. The van der Waals surface area contributed by atoms with Crippen molar-refractivity contribution in [2.24, 2.45) is 34.5 Å². The highest BCUT2D eigenvalue weighted by Crippen LogP contribution is 2.62. The standard InChI is InChI=1S/C20H38O/c1-15(11-14-21)7-9-17-16(2)8-10-18-19(3,4)12-6-13-20(17,18)5/h15-18,21H,6-14H2,1-5H3. The van der Waals surface area contributed by atoms with E-state index in [4.69, 9.17) is 5.11 Å². The quantitative estimate of drug-likeness (QED) is 0.693. The Hall–Kier alpha value is -0.0400. The maximum Gasteiger partial charge on any atom is 0.0433 e. The summed E-state index contributed by atoms with van der Waals surface area (Å²) in [6, 6.07) is 0. The second-order valence-electron chi connectivity index (χ2n) is 9.26. The van der Waals surface area contributed by atoms with Crippen LogP contribution in [0.15, 0.2) is 0 Å². The first-order valence-electron chi connectivity index (χ1n) is 9.42. The monoisotopic (exact) mass is 294 g/mol. The summed E-state index contributed by atoms with van der Waals surface area (Å²) < 4.78 is 0. The third kappa shape index (κ3) is 3.49. The summed E-state index contributed by atoms with van der Waals surface area (Å²) in [7, 11) is 0. The van der Waals surface area contributed by atoms with E-state index in [9.17, 15) is 0 Å². The van der Waals surface area contributed by atoms with Crippen molar-refractivity contribution in [2.45, 2.75) is 86.0 Å². The van der Waals surface area contributed by atoms with Crippen LogP contribution in [0.25, 0.3) is 0 Å². The van der Waals surface area contributed by atoms with Gasteiger partial charge in [-0.3, -0.25) is 0 Å². The maximum atomic E-state index is 9.13. The van der Waals surface area contributed by atoms with E-state index < -0.39 is 0 Å². The molecule has 0 heterocycles. The summed E-state index contributed by atoms with van der Waals surface area (Å²) in [5.74, 6) is 3.40. The topological polar surface area (TPSA) is 20.2 Å². The van der Waals surface area contributed by atoms with Crippen molar-refractivity contribution >= 4 is 0 Å². The molecule has 1 nitrogen and oxygen atoms in total. The highest BCUT2D eigenvalue weighted by Gasteiger charge is 2.53. The molecule has 0 aromatic heterocycles. The lowest BCUT2D eigenvalue weighted by Gasteiger charge is -2.59. The van der Waals surface area contributed by atoms with Crippen molar-refractivity contribution in [3.8, 4) is 0 Å². The average molecular weight is 295 g/mol. The smallest absolute Gasteiger partial charge is 0.0433 e. The van der Waals surface area contributed by atoms with E-state index in [0.717, 1.165) is 24.2 Å². The van der Waals surface area contributed by atoms with Gasteiger partial charge in [0.05, 0.1) is 0 Å². The Morgan fingerprint density at radius 2 is 1.81 bits per heavy atom. The number of hydrogen-bond donors (Lipinski definition) is 1. The van der Waals surface area contributed by atoms with E-state index in [1.165, 1.54) is 44.9 Å². The summed E-state index contributed by atoms with van der Waals surface area (Å²) in [5.41, 5.74) is 1.11. The summed E-state index contributed by atoms with van der Waals surface area (Å²) in [6.45, 7) is 12.8. The lowest BCUT2D eigenvalue weighted by Crippen LogP contribution is -2.51. The molecule has 5 atom stereocenters. The number of hydrogen-bond acceptors (Lipinski definition) is 1. The Morgan fingerprint density at radius 1 is 1.10 bits per heavy atom. The van der Waals surface area contributed by atoms with Crippen molar-refractivity contribution < 1.29 is 5.11 Å². The van der Waals surface area contributed by atoms with Crippen LogP contribution in [-0.4, -0.2) is 11.7 Å². The van der Waals surface area contributed by atoms with Gasteiger partial charge in [-0.05, 0) is 66.6 Å². The van der Waals surface area contributed by atoms with E-state index >= 15 is 0 Å². The molecule has 21 heavy (non-hydrogen) atoms. The van der Waals surface area contributed by atoms with E-state index in [0.29, 0.717) is 23.4 Å². The summed E-state index contributed by atoms with van der Waals surface area (Å²) in [4.78, 5) is 0. The zero-order valence-electron chi connectivity index (χ0n) is 15.1. The van der Waals surface area contributed by atoms with Crippen LogP contribution in [0.3, 0.4) is 0 Å². The molecular formula is C20H38O. The van der Waals surface area contributed by atoms with Crippen LogP contribution in [0.2, 0.25) is 0 Å². The van der Waals surface area contributed by atoms with Gasteiger partial charge in [-0.25, -0.2) is 0 Å². The van der Waals surface area contributed by atoms with Gasteiger partial charge >= 0.3 is 0 Å². The van der Waals surface area contributed by atoms with Crippen molar-refractivity contribution in [3.05, 3.63) is 0 Å². The first-order chi connectivity index (χ1) is 9.81. The number of aliphatic hydroxyl groups is 1. The first-order valence-corrected chi connectivity index (χ1v) is 9.42. The second kappa shape index (κ2) is 6.60. The van der Waals surface area contributed by atoms with Gasteiger partial charge in [-0.15, -0.1) is 0 Å². The van der Waals surface area contributed by atoms with Crippen LogP contribution in [0.5, 0.6) is 0 Å². The van der Waals surface area contributed by atoms with Gasteiger partial charge in [0.1, 0.15) is 0 Å². The number of rotatable bonds is 5. The largest absolute Gasteiger partial charge is 0.396 e. The highest BCUT2D eigenvalue weighted by atomic mass is 16.3. The van der Waals surface area contributed by atoms with Gasteiger partial charge in [0.25, 0.3) is 0 Å². The molecule has 0 amide bonds. The molecule has 0 aromatic rings. The Kier molecular flexibility index (Phi) is 5.45. The zero-order valence-corrected chi connectivity index (χ0v) is 15.1. The van der Waals surface area contributed by atoms with Crippen LogP contribution in [-0.2, 0) is 0 Å². The van der Waals surface area contributed by atoms with Crippen LogP contribution in [0.4, 0.5) is 0 Å². The molecule has 2 aliphatic rings. The normalized spacial score (nSPS) is 40.6. The second-order valence-corrected chi connectivity index (χ2v) is 9.26. The van der Waals surface area contributed by atoms with Crippen LogP contribution in [0, 0.1) is 34.5 Å². The molecule has 0 radical (unpaired) electrons. The minimum atomic E-state index is 0.355. The predicted molar refractivity (Wildman–Crippen MR) is 91.2 cm³/mol. The Balaban J connectivity index is 2.10. The first kappa shape index (κ1) is 17.3. The minimum Gasteiger partial charge on any atom is -0.396 e. The van der Waals surface area contributed by atoms with Crippen molar-refractivity contribution in [3.63, 3.8) is 0 Å². The molecule has 5 unspecified atom stereocenters. The Labute approximate surface area is 132 Å². The molecule has 0 saturated heterocycles. The molecule has 124 valence electrons. The van der Waals surface area contributed by atoms with E-state index in [2.05, 4.69) is 34.6 Å². The molecule has 2 fully saturated rings. The molecular weight excluding hydrogens is 256 g/mol. The maximum absolute atomic E-state index is 9.13. The molecule has 1 heteroatoms. The fraction of sp³-hybridized carbons (Fsp3) is 1.00. The lowest BCUT2D eigenvalue weighted by molar-refractivity contribution is -0.0972. The Morgan fingerprint density at radius 3 is 2.48 bits per heavy atom. The molecule has 2 rings (SSSR count). The third-order valence-electron chi connectivity index (χ3n) is 7.31. The summed E-state index contributed by atoms with van der Waals surface area (Å²) in [6.07, 6.45) is 10.8. The Bertz CT molecular complexity index is 335. The van der Waals surface area contributed by atoms with Gasteiger partial charge in [0, 0.05) is 6.61 Å². The van der Waals surface area contributed by atoms with Gasteiger partial charge < -0.3 is 5.11 Å². The minimum absolute atomic E-state index is 0.355. The fourth-order valence-electron chi connectivity index (χ4n) is 6.05. The van der Waals surface area contributed by atoms with Gasteiger partial charge in [-0.1, -0.05) is 53.9 Å². The molecule has 0 spiro atoms. The molecule has 2 aliphatic carbocycles. The SMILES string of the molecule is CC(CCO)CCC1C(C)CCC2C(C)(C)CCCC12C. The molecule has 1 N–H and O–H groups in total. The van der Waals surface area contributed by atoms with E-state index in [1.54, 1.807) is 0 Å².